The van der Waals surface area contributed by atoms with E-state index in [2.05, 4.69) is 13.8 Å². The van der Waals surface area contributed by atoms with Gasteiger partial charge in [-0.1, -0.05) is 91.4 Å². The van der Waals surface area contributed by atoms with E-state index in [-0.39, 0.29) is 12.5 Å². The van der Waals surface area contributed by atoms with E-state index < -0.39 is 11.9 Å². The molecule has 0 N–H and O–H groups in total. The zero-order chi connectivity index (χ0) is 19.5. The Morgan fingerprint density at radius 1 is 0.692 bits per heavy atom. The molecule has 4 nitrogen and oxygen atoms in total. The van der Waals surface area contributed by atoms with Crippen LogP contribution >= 0.6 is 0 Å². The van der Waals surface area contributed by atoms with Gasteiger partial charge in [0.15, 0.2) is 0 Å². The van der Waals surface area contributed by atoms with Gasteiger partial charge in [0.05, 0.1) is 6.61 Å². The van der Waals surface area contributed by atoms with Crippen LogP contribution in [0.3, 0.4) is 0 Å². The van der Waals surface area contributed by atoms with E-state index in [1.165, 1.54) is 51.4 Å². The van der Waals surface area contributed by atoms with Crippen LogP contribution in [0.4, 0.5) is 0 Å². The minimum absolute atomic E-state index is 0.0720. The van der Waals surface area contributed by atoms with Crippen LogP contribution in [0.5, 0.6) is 0 Å². The maximum Gasteiger partial charge on any atom is 0.317 e. The quantitative estimate of drug-likeness (QED) is 0.160. The van der Waals surface area contributed by atoms with Crippen LogP contribution in [0.15, 0.2) is 0 Å². The van der Waals surface area contributed by atoms with Crippen molar-refractivity contribution >= 4 is 11.9 Å². The Balaban J connectivity index is 3.51. The van der Waals surface area contributed by atoms with Crippen LogP contribution < -0.4 is 0 Å². The van der Waals surface area contributed by atoms with E-state index in [0.29, 0.717) is 6.61 Å². The predicted molar refractivity (Wildman–Crippen MR) is 107 cm³/mol. The van der Waals surface area contributed by atoms with Gasteiger partial charge in [0.2, 0.25) is 0 Å². The Labute approximate surface area is 161 Å². The first kappa shape index (κ1) is 24.9. The second-order valence-corrected chi connectivity index (χ2v) is 7.24. The Morgan fingerprint density at radius 2 is 1.23 bits per heavy atom. The summed E-state index contributed by atoms with van der Waals surface area (Å²) in [5, 5.41) is 0. The maximum absolute atomic E-state index is 11.8. The van der Waals surface area contributed by atoms with Gasteiger partial charge in [0.1, 0.15) is 12.5 Å². The Hall–Kier alpha value is -1.06. The molecule has 1 unspecified atom stereocenters. The third-order valence-corrected chi connectivity index (χ3v) is 4.68. The first-order valence-electron chi connectivity index (χ1n) is 11.0. The van der Waals surface area contributed by atoms with E-state index in [1.54, 1.807) is 0 Å². The van der Waals surface area contributed by atoms with Crippen molar-refractivity contribution in [1.29, 1.82) is 0 Å². The molecule has 0 radical (unpaired) electrons. The third-order valence-electron chi connectivity index (χ3n) is 4.68. The monoisotopic (exact) mass is 370 g/mol. The number of esters is 2. The molecule has 4 heteroatoms. The van der Waals surface area contributed by atoms with E-state index in [9.17, 15) is 9.59 Å². The van der Waals surface area contributed by atoms with E-state index in [1.807, 2.05) is 6.92 Å². The van der Waals surface area contributed by atoms with Crippen LogP contribution in [0.2, 0.25) is 0 Å². The zero-order valence-electron chi connectivity index (χ0n) is 17.5. The molecule has 0 saturated heterocycles. The summed E-state index contributed by atoms with van der Waals surface area (Å²) in [6.45, 7) is 6.76. The van der Waals surface area contributed by atoms with Crippen molar-refractivity contribution in [3.05, 3.63) is 0 Å². The summed E-state index contributed by atoms with van der Waals surface area (Å²) in [4.78, 5) is 23.4. The molecule has 0 aromatic rings. The van der Waals surface area contributed by atoms with Crippen LogP contribution in [0.1, 0.15) is 117 Å². The van der Waals surface area contributed by atoms with Gasteiger partial charge < -0.3 is 9.47 Å². The summed E-state index contributed by atoms with van der Waals surface area (Å²) >= 11 is 0. The first-order chi connectivity index (χ1) is 12.6. The Morgan fingerprint density at radius 3 is 1.77 bits per heavy atom. The van der Waals surface area contributed by atoms with Gasteiger partial charge in [-0.05, 0) is 19.3 Å². The molecular formula is C22H42O4. The first-order valence-corrected chi connectivity index (χ1v) is 11.0. The molecule has 154 valence electrons. The third kappa shape index (κ3) is 16.4. The molecule has 0 bridgehead atoms. The fourth-order valence-corrected chi connectivity index (χ4v) is 2.95. The Bertz CT molecular complexity index is 341. The maximum atomic E-state index is 11.8. The van der Waals surface area contributed by atoms with Crippen molar-refractivity contribution in [3.63, 3.8) is 0 Å². The van der Waals surface area contributed by atoms with Gasteiger partial charge in [0.25, 0.3) is 0 Å². The molecule has 0 heterocycles. The topological polar surface area (TPSA) is 52.6 Å². The molecule has 0 aliphatic heterocycles. The molecule has 0 spiro atoms. The van der Waals surface area contributed by atoms with Crippen molar-refractivity contribution in [3.8, 4) is 0 Å². The smallest absolute Gasteiger partial charge is 0.317 e. The van der Waals surface area contributed by atoms with Crippen LogP contribution in [-0.2, 0) is 19.1 Å². The van der Waals surface area contributed by atoms with Gasteiger partial charge in [-0.15, -0.1) is 0 Å². The highest BCUT2D eigenvalue weighted by atomic mass is 16.6. The molecule has 0 rings (SSSR count). The second kappa shape index (κ2) is 18.7. The highest BCUT2D eigenvalue weighted by Crippen LogP contribution is 2.11. The predicted octanol–water partition coefficient (Wildman–Crippen LogP) is 6.35. The molecule has 0 aliphatic carbocycles. The normalized spacial score (nSPS) is 12.0. The van der Waals surface area contributed by atoms with Gasteiger partial charge >= 0.3 is 11.9 Å². The molecule has 0 aromatic carbocycles. The van der Waals surface area contributed by atoms with Crippen LogP contribution in [0.25, 0.3) is 0 Å². The molecule has 0 amide bonds. The minimum atomic E-state index is -0.462. The van der Waals surface area contributed by atoms with Crippen molar-refractivity contribution < 1.29 is 19.1 Å². The van der Waals surface area contributed by atoms with Gasteiger partial charge in [-0.2, -0.15) is 0 Å². The van der Waals surface area contributed by atoms with E-state index in [4.69, 9.17) is 9.47 Å². The largest absolute Gasteiger partial charge is 0.465 e. The van der Waals surface area contributed by atoms with Crippen molar-refractivity contribution in [2.75, 3.05) is 6.61 Å². The zero-order valence-corrected chi connectivity index (χ0v) is 17.5. The van der Waals surface area contributed by atoms with Gasteiger partial charge in [0, 0.05) is 0 Å². The highest BCUT2D eigenvalue weighted by Gasteiger charge is 2.16. The number of hydrogen-bond acceptors (Lipinski definition) is 4. The highest BCUT2D eigenvalue weighted by molar-refractivity contribution is 5.91. The number of hydrogen-bond donors (Lipinski definition) is 0. The summed E-state index contributed by atoms with van der Waals surface area (Å²) in [7, 11) is 0. The summed E-state index contributed by atoms with van der Waals surface area (Å²) < 4.78 is 10.5. The van der Waals surface area contributed by atoms with Crippen LogP contribution in [0, 0.1) is 0 Å². The lowest BCUT2D eigenvalue weighted by Crippen LogP contribution is -2.21. The lowest BCUT2D eigenvalue weighted by Gasteiger charge is -2.15. The standard InChI is InChI=1S/C22H42O4/c1-4-7-9-10-11-12-13-14-15-16-18-25-21(23)19-22(24)26-20(6-3)17-8-5-2/h20H,4-19H2,1-3H3. The molecule has 0 saturated carbocycles. The lowest BCUT2D eigenvalue weighted by atomic mass is 10.1. The van der Waals surface area contributed by atoms with E-state index in [0.717, 1.165) is 38.5 Å². The molecule has 1 atom stereocenters. The number of carbonyl (C=O) groups is 2. The SMILES string of the molecule is CCCCCCCCCCCCOC(=O)CC(=O)OC(CC)CCCC. The molecule has 0 fully saturated rings. The summed E-state index contributed by atoms with van der Waals surface area (Å²) in [5.41, 5.74) is 0. The molecular weight excluding hydrogens is 328 g/mol. The number of unbranched alkanes of at least 4 members (excludes halogenated alkanes) is 10. The molecule has 0 aromatic heterocycles. The minimum Gasteiger partial charge on any atom is -0.465 e. The summed E-state index contributed by atoms with van der Waals surface area (Å²) in [5.74, 6) is -0.919. The van der Waals surface area contributed by atoms with Crippen molar-refractivity contribution in [2.45, 2.75) is 123 Å². The van der Waals surface area contributed by atoms with Gasteiger partial charge in [-0.25, -0.2) is 0 Å². The number of carbonyl (C=O) groups excluding carboxylic acids is 2. The fraction of sp³-hybridized carbons (Fsp3) is 0.909. The number of rotatable bonds is 18. The van der Waals surface area contributed by atoms with Crippen LogP contribution in [-0.4, -0.2) is 24.6 Å². The van der Waals surface area contributed by atoms with Crippen molar-refractivity contribution in [2.24, 2.45) is 0 Å². The summed E-state index contributed by atoms with van der Waals surface area (Å²) in [6.07, 6.45) is 15.9. The Kier molecular flexibility index (Phi) is 18.0. The molecule has 0 aliphatic rings. The lowest BCUT2D eigenvalue weighted by molar-refractivity contribution is -0.158. The fourth-order valence-electron chi connectivity index (χ4n) is 2.95. The number of ether oxygens (including phenoxy) is 2. The second-order valence-electron chi connectivity index (χ2n) is 7.24. The molecule has 26 heavy (non-hydrogen) atoms. The van der Waals surface area contributed by atoms with E-state index >= 15 is 0 Å². The summed E-state index contributed by atoms with van der Waals surface area (Å²) in [6, 6.07) is 0. The van der Waals surface area contributed by atoms with Gasteiger partial charge in [-0.3, -0.25) is 9.59 Å². The average Bonchev–Trinajstić information content (AvgIpc) is 2.63. The average molecular weight is 371 g/mol. The van der Waals surface area contributed by atoms with Crippen molar-refractivity contribution in [1.82, 2.24) is 0 Å².